The summed E-state index contributed by atoms with van der Waals surface area (Å²) in [6, 6.07) is 1.25. The molecule has 1 aromatic heterocycles. The molecule has 19 heavy (non-hydrogen) atoms. The fourth-order valence-electron chi connectivity index (χ4n) is 1.43. The summed E-state index contributed by atoms with van der Waals surface area (Å²) < 4.78 is 4.95. The number of amides is 1. The number of carbonyl (C=O) groups excluding carboxylic acids is 1. The third-order valence-electron chi connectivity index (χ3n) is 2.20. The predicted molar refractivity (Wildman–Crippen MR) is 74.1 cm³/mol. The highest BCUT2D eigenvalue weighted by Crippen LogP contribution is 2.13. The van der Waals surface area contributed by atoms with Crippen molar-refractivity contribution in [3.05, 3.63) is 17.0 Å². The average molecular weight is 287 g/mol. The molecular formula is C12H19ClN4O2. The van der Waals surface area contributed by atoms with Crippen molar-refractivity contribution in [1.29, 1.82) is 0 Å². The second kappa shape index (κ2) is 7.25. The standard InChI is InChI=1S/C12H19ClN4O2/c1-7(2)14-12(18)8(3)15-10-5-9(13)16-11(17-10)6-19-4/h5,7-8H,6H2,1-4H3,(H,14,18)(H,15,16,17). The SMILES string of the molecule is COCc1nc(Cl)cc(NC(C)C(=O)NC(C)C)n1. The van der Waals surface area contributed by atoms with Gasteiger partial charge in [0.2, 0.25) is 5.91 Å². The molecule has 0 bridgehead atoms. The maximum absolute atomic E-state index is 11.8. The summed E-state index contributed by atoms with van der Waals surface area (Å²) in [5.41, 5.74) is 0. The number of nitrogens with zero attached hydrogens (tertiary/aromatic N) is 2. The van der Waals surface area contributed by atoms with Crippen LogP contribution >= 0.6 is 11.6 Å². The van der Waals surface area contributed by atoms with E-state index in [2.05, 4.69) is 20.6 Å². The van der Waals surface area contributed by atoms with E-state index in [1.165, 1.54) is 0 Å². The van der Waals surface area contributed by atoms with Gasteiger partial charge in [-0.05, 0) is 20.8 Å². The lowest BCUT2D eigenvalue weighted by molar-refractivity contribution is -0.122. The number of anilines is 1. The average Bonchev–Trinajstić information content (AvgIpc) is 2.27. The zero-order chi connectivity index (χ0) is 14.4. The molecule has 1 aromatic rings. The van der Waals surface area contributed by atoms with Gasteiger partial charge in [-0.3, -0.25) is 4.79 Å². The molecule has 6 nitrogen and oxygen atoms in total. The molecule has 7 heteroatoms. The predicted octanol–water partition coefficient (Wildman–Crippen LogP) is 1.60. The second-order valence-corrected chi connectivity index (χ2v) is 4.84. The van der Waals surface area contributed by atoms with Gasteiger partial charge in [-0.2, -0.15) is 0 Å². The third-order valence-corrected chi connectivity index (χ3v) is 2.40. The number of hydrogen-bond donors (Lipinski definition) is 2. The molecule has 2 N–H and O–H groups in total. The lowest BCUT2D eigenvalue weighted by Crippen LogP contribution is -2.41. The van der Waals surface area contributed by atoms with Gasteiger partial charge in [0.25, 0.3) is 0 Å². The number of hydrogen-bond acceptors (Lipinski definition) is 5. The van der Waals surface area contributed by atoms with Gasteiger partial charge in [-0.25, -0.2) is 9.97 Å². The Bertz CT molecular complexity index is 440. The molecular weight excluding hydrogens is 268 g/mol. The number of nitrogens with one attached hydrogen (secondary N) is 2. The van der Waals surface area contributed by atoms with Gasteiger partial charge < -0.3 is 15.4 Å². The minimum Gasteiger partial charge on any atom is -0.377 e. The Morgan fingerprint density at radius 2 is 2.11 bits per heavy atom. The highest BCUT2D eigenvalue weighted by atomic mass is 35.5. The minimum atomic E-state index is -0.413. The van der Waals surface area contributed by atoms with E-state index in [0.29, 0.717) is 16.8 Å². The molecule has 1 atom stereocenters. The summed E-state index contributed by atoms with van der Waals surface area (Å²) in [5.74, 6) is 0.866. The van der Waals surface area contributed by atoms with Crippen LogP contribution in [-0.4, -0.2) is 35.1 Å². The first-order valence-electron chi connectivity index (χ1n) is 6.01. The van der Waals surface area contributed by atoms with Crippen LogP contribution < -0.4 is 10.6 Å². The fourth-order valence-corrected chi connectivity index (χ4v) is 1.63. The van der Waals surface area contributed by atoms with Crippen LogP contribution in [0.25, 0.3) is 0 Å². The number of halogens is 1. The van der Waals surface area contributed by atoms with Gasteiger partial charge >= 0.3 is 0 Å². The molecule has 1 unspecified atom stereocenters. The van der Waals surface area contributed by atoms with Crippen molar-refractivity contribution in [2.24, 2.45) is 0 Å². The summed E-state index contributed by atoms with van der Waals surface area (Å²) in [6.45, 7) is 5.83. The first-order chi connectivity index (χ1) is 8.92. The fraction of sp³-hybridized carbons (Fsp3) is 0.583. The number of rotatable bonds is 6. The van der Waals surface area contributed by atoms with E-state index < -0.39 is 6.04 Å². The van der Waals surface area contributed by atoms with Gasteiger partial charge in [0.05, 0.1) is 0 Å². The van der Waals surface area contributed by atoms with E-state index >= 15 is 0 Å². The van der Waals surface area contributed by atoms with Gasteiger partial charge in [-0.1, -0.05) is 11.6 Å². The van der Waals surface area contributed by atoms with Crippen LogP contribution in [0.4, 0.5) is 5.82 Å². The van der Waals surface area contributed by atoms with Crippen LogP contribution in [-0.2, 0) is 16.1 Å². The summed E-state index contributed by atoms with van der Waals surface area (Å²) in [6.07, 6.45) is 0. The molecule has 1 heterocycles. The number of ether oxygens (including phenoxy) is 1. The first-order valence-corrected chi connectivity index (χ1v) is 6.39. The number of carbonyl (C=O) groups is 1. The zero-order valence-electron chi connectivity index (χ0n) is 11.5. The molecule has 0 aliphatic heterocycles. The molecule has 0 saturated heterocycles. The van der Waals surface area contributed by atoms with Crippen molar-refractivity contribution in [3.8, 4) is 0 Å². The minimum absolute atomic E-state index is 0.0924. The molecule has 0 spiro atoms. The van der Waals surface area contributed by atoms with E-state index in [1.807, 2.05) is 13.8 Å². The third kappa shape index (κ3) is 5.40. The van der Waals surface area contributed by atoms with Gasteiger partial charge in [0, 0.05) is 19.2 Å². The largest absolute Gasteiger partial charge is 0.377 e. The normalized spacial score (nSPS) is 12.3. The summed E-state index contributed by atoms with van der Waals surface area (Å²) in [7, 11) is 1.55. The molecule has 0 aromatic carbocycles. The van der Waals surface area contributed by atoms with E-state index in [-0.39, 0.29) is 18.6 Å². The van der Waals surface area contributed by atoms with E-state index in [4.69, 9.17) is 16.3 Å². The van der Waals surface area contributed by atoms with Gasteiger partial charge in [0.1, 0.15) is 23.6 Å². The quantitative estimate of drug-likeness (QED) is 0.777. The van der Waals surface area contributed by atoms with Crippen molar-refractivity contribution in [1.82, 2.24) is 15.3 Å². The van der Waals surface area contributed by atoms with Crippen LogP contribution in [0.15, 0.2) is 6.07 Å². The number of aromatic nitrogens is 2. The zero-order valence-corrected chi connectivity index (χ0v) is 12.3. The van der Waals surface area contributed by atoms with E-state index in [1.54, 1.807) is 20.1 Å². The molecule has 0 fully saturated rings. The molecule has 0 saturated carbocycles. The maximum Gasteiger partial charge on any atom is 0.242 e. The molecule has 1 rings (SSSR count). The first kappa shape index (κ1) is 15.7. The van der Waals surface area contributed by atoms with Crippen molar-refractivity contribution >= 4 is 23.3 Å². The Kier molecular flexibility index (Phi) is 5.98. The van der Waals surface area contributed by atoms with E-state index in [0.717, 1.165) is 0 Å². The Balaban J connectivity index is 2.73. The summed E-state index contributed by atoms with van der Waals surface area (Å²) in [4.78, 5) is 20.0. The Hall–Kier alpha value is -1.40. The van der Waals surface area contributed by atoms with Gasteiger partial charge in [-0.15, -0.1) is 0 Å². The smallest absolute Gasteiger partial charge is 0.242 e. The number of methoxy groups -OCH3 is 1. The van der Waals surface area contributed by atoms with Crippen molar-refractivity contribution < 1.29 is 9.53 Å². The Labute approximate surface area is 117 Å². The highest BCUT2D eigenvalue weighted by Gasteiger charge is 2.14. The van der Waals surface area contributed by atoms with Crippen molar-refractivity contribution in [2.75, 3.05) is 12.4 Å². The molecule has 106 valence electrons. The summed E-state index contributed by atoms with van der Waals surface area (Å²) in [5, 5.41) is 6.10. The monoisotopic (exact) mass is 286 g/mol. The van der Waals surface area contributed by atoms with E-state index in [9.17, 15) is 4.79 Å². The maximum atomic E-state index is 11.8. The van der Waals surface area contributed by atoms with Crippen LogP contribution in [0, 0.1) is 0 Å². The van der Waals surface area contributed by atoms with Gasteiger partial charge in [0.15, 0.2) is 5.82 Å². The lowest BCUT2D eigenvalue weighted by Gasteiger charge is -2.16. The molecule has 1 amide bonds. The molecule has 0 radical (unpaired) electrons. The van der Waals surface area contributed by atoms with Crippen LogP contribution in [0.3, 0.4) is 0 Å². The Morgan fingerprint density at radius 3 is 2.68 bits per heavy atom. The van der Waals surface area contributed by atoms with Crippen molar-refractivity contribution in [3.63, 3.8) is 0 Å². The second-order valence-electron chi connectivity index (χ2n) is 4.45. The van der Waals surface area contributed by atoms with Crippen LogP contribution in [0.1, 0.15) is 26.6 Å². The van der Waals surface area contributed by atoms with Crippen LogP contribution in [0.5, 0.6) is 0 Å². The lowest BCUT2D eigenvalue weighted by atomic mass is 10.3. The molecule has 0 aliphatic rings. The summed E-state index contributed by atoms with van der Waals surface area (Å²) >= 11 is 5.89. The Morgan fingerprint density at radius 1 is 1.42 bits per heavy atom. The molecule has 0 aliphatic carbocycles. The van der Waals surface area contributed by atoms with Crippen molar-refractivity contribution in [2.45, 2.75) is 39.5 Å². The topological polar surface area (TPSA) is 76.1 Å². The highest BCUT2D eigenvalue weighted by molar-refractivity contribution is 6.29. The van der Waals surface area contributed by atoms with Crippen LogP contribution in [0.2, 0.25) is 5.15 Å².